The van der Waals surface area contributed by atoms with E-state index in [1.807, 2.05) is 0 Å². The topological polar surface area (TPSA) is 90.9 Å². The molecule has 0 spiro atoms. The molecule has 0 amide bonds. The molecule has 0 aliphatic heterocycles. The van der Waals surface area contributed by atoms with Gasteiger partial charge in [-0.3, -0.25) is 0 Å². The highest BCUT2D eigenvalue weighted by Gasteiger charge is 1.92. The summed E-state index contributed by atoms with van der Waals surface area (Å²) in [5, 5.41) is 8.78. The first-order valence-corrected chi connectivity index (χ1v) is 2.92. The highest BCUT2D eigenvalue weighted by molar-refractivity contribution is 7.74. The summed E-state index contributed by atoms with van der Waals surface area (Å²) in [5.74, 6) is -0.0664. The van der Waals surface area contributed by atoms with Crippen LogP contribution in [0.1, 0.15) is 0 Å². The van der Waals surface area contributed by atoms with Crippen LogP contribution < -0.4 is 4.18 Å². The maximum atomic E-state index is 9.76. The van der Waals surface area contributed by atoms with Gasteiger partial charge in [0.15, 0.2) is 0 Å². The minimum absolute atomic E-state index is 0.0664. The fourth-order valence-corrected chi connectivity index (χ4v) is 0.521. The van der Waals surface area contributed by atoms with Gasteiger partial charge in [-0.15, -0.1) is 5.10 Å². The zero-order valence-corrected chi connectivity index (χ0v) is 4.92. The second-order valence-electron chi connectivity index (χ2n) is 1.10. The Morgan fingerprint density at radius 2 is 2.67 bits per heavy atom. The van der Waals surface area contributed by atoms with Crippen LogP contribution in [0.15, 0.2) is 6.20 Å². The minimum Gasteiger partial charge on any atom is -0.740 e. The van der Waals surface area contributed by atoms with Crippen LogP contribution in [0, 0.1) is 0 Å². The van der Waals surface area contributed by atoms with Gasteiger partial charge in [-0.2, -0.15) is 10.3 Å². The molecule has 1 aromatic heterocycles. The van der Waals surface area contributed by atoms with Crippen molar-refractivity contribution >= 4 is 11.4 Å². The zero-order chi connectivity index (χ0) is 6.69. The van der Waals surface area contributed by atoms with Crippen LogP contribution in [-0.4, -0.2) is 24.2 Å². The van der Waals surface area contributed by atoms with Crippen molar-refractivity contribution in [2.45, 2.75) is 0 Å². The van der Waals surface area contributed by atoms with Crippen LogP contribution >= 0.6 is 0 Å². The van der Waals surface area contributed by atoms with E-state index in [4.69, 9.17) is 0 Å². The third-order valence-corrected chi connectivity index (χ3v) is 0.853. The monoisotopic (exact) mass is 148 g/mol. The summed E-state index contributed by atoms with van der Waals surface area (Å²) in [7, 11) is 0. The van der Waals surface area contributed by atoms with Gasteiger partial charge in [0.25, 0.3) is 5.88 Å². The molecule has 0 saturated carbocycles. The standard InChI is InChI=1S/C2H3N3O3S/c6-9(7)8-2-1-3-5-4-2/h1H,(H,6,7)(H,3,4,5)/p-1. The third kappa shape index (κ3) is 1.78. The average molecular weight is 148 g/mol. The summed E-state index contributed by atoms with van der Waals surface area (Å²) in [6.45, 7) is 0. The molecule has 0 bridgehead atoms. The molecule has 0 aliphatic rings. The highest BCUT2D eigenvalue weighted by Crippen LogP contribution is 1.99. The van der Waals surface area contributed by atoms with E-state index in [9.17, 15) is 8.76 Å². The van der Waals surface area contributed by atoms with E-state index < -0.39 is 11.4 Å². The van der Waals surface area contributed by atoms with Gasteiger partial charge in [0.05, 0.1) is 0 Å². The van der Waals surface area contributed by atoms with Crippen molar-refractivity contribution < 1.29 is 12.9 Å². The second kappa shape index (κ2) is 2.55. The predicted molar refractivity (Wildman–Crippen MR) is 25.9 cm³/mol. The maximum Gasteiger partial charge on any atom is 0.268 e. The predicted octanol–water partition coefficient (Wildman–Crippen LogP) is -1.02. The van der Waals surface area contributed by atoms with Crippen molar-refractivity contribution in [2.24, 2.45) is 0 Å². The maximum absolute atomic E-state index is 9.76. The number of nitrogens with zero attached hydrogens (tertiary/aromatic N) is 2. The summed E-state index contributed by atoms with van der Waals surface area (Å²) >= 11 is -2.57. The molecule has 1 heterocycles. The molecular weight excluding hydrogens is 146 g/mol. The molecular formula is C2H2N3O3S-. The Morgan fingerprint density at radius 3 is 3.11 bits per heavy atom. The van der Waals surface area contributed by atoms with E-state index in [1.165, 1.54) is 0 Å². The van der Waals surface area contributed by atoms with Crippen molar-refractivity contribution in [1.82, 2.24) is 15.4 Å². The quantitative estimate of drug-likeness (QED) is 0.542. The Labute approximate surface area is 52.7 Å². The van der Waals surface area contributed by atoms with Gasteiger partial charge in [-0.05, 0) is 0 Å². The molecule has 9 heavy (non-hydrogen) atoms. The number of aromatic amines is 1. The summed E-state index contributed by atoms with van der Waals surface area (Å²) in [6.07, 6.45) is 1.15. The normalized spacial score (nSPS) is 13.0. The molecule has 1 aromatic rings. The first kappa shape index (κ1) is 6.17. The summed E-state index contributed by atoms with van der Waals surface area (Å²) < 4.78 is 23.6. The third-order valence-electron chi connectivity index (χ3n) is 0.546. The van der Waals surface area contributed by atoms with E-state index in [2.05, 4.69) is 19.6 Å². The Kier molecular flexibility index (Phi) is 1.75. The van der Waals surface area contributed by atoms with E-state index >= 15 is 0 Å². The van der Waals surface area contributed by atoms with Crippen LogP contribution in [0.25, 0.3) is 0 Å². The Bertz CT molecular complexity index is 197. The minimum atomic E-state index is -2.57. The number of rotatable bonds is 2. The number of hydrogen-bond acceptors (Lipinski definition) is 5. The van der Waals surface area contributed by atoms with Gasteiger partial charge >= 0.3 is 0 Å². The Hall–Kier alpha value is -0.950. The van der Waals surface area contributed by atoms with Gasteiger partial charge in [-0.1, -0.05) is 0 Å². The van der Waals surface area contributed by atoms with Gasteiger partial charge in [0.1, 0.15) is 17.6 Å². The fourth-order valence-electron chi connectivity index (χ4n) is 0.301. The van der Waals surface area contributed by atoms with Crippen LogP contribution in [0.5, 0.6) is 5.88 Å². The van der Waals surface area contributed by atoms with Gasteiger partial charge in [-0.25, -0.2) is 4.21 Å². The smallest absolute Gasteiger partial charge is 0.268 e. The van der Waals surface area contributed by atoms with Crippen LogP contribution in [0.2, 0.25) is 0 Å². The summed E-state index contributed by atoms with van der Waals surface area (Å²) in [4.78, 5) is 0. The van der Waals surface area contributed by atoms with Crippen LogP contribution in [0.3, 0.4) is 0 Å². The molecule has 1 atom stereocenters. The molecule has 1 rings (SSSR count). The number of aromatic nitrogens is 3. The molecule has 50 valence electrons. The largest absolute Gasteiger partial charge is 0.740 e. The first-order chi connectivity index (χ1) is 4.29. The Morgan fingerprint density at radius 1 is 1.89 bits per heavy atom. The van der Waals surface area contributed by atoms with E-state index in [0.717, 1.165) is 6.20 Å². The number of H-pyrrole nitrogens is 1. The van der Waals surface area contributed by atoms with Crippen molar-refractivity contribution in [3.05, 3.63) is 6.20 Å². The lowest BCUT2D eigenvalue weighted by Gasteiger charge is -2.00. The Balaban J connectivity index is 2.58. The van der Waals surface area contributed by atoms with Crippen molar-refractivity contribution in [2.75, 3.05) is 0 Å². The summed E-state index contributed by atoms with van der Waals surface area (Å²) in [5.41, 5.74) is 0. The van der Waals surface area contributed by atoms with Crippen molar-refractivity contribution in [3.63, 3.8) is 0 Å². The SMILES string of the molecule is O=S([O-])Oc1cn[nH]n1. The molecule has 1 unspecified atom stereocenters. The molecule has 0 radical (unpaired) electrons. The van der Waals surface area contributed by atoms with E-state index in [1.54, 1.807) is 0 Å². The fraction of sp³-hybridized carbons (Fsp3) is 0. The zero-order valence-electron chi connectivity index (χ0n) is 4.10. The lowest BCUT2D eigenvalue weighted by molar-refractivity contribution is 0.432. The molecule has 0 saturated heterocycles. The van der Waals surface area contributed by atoms with Crippen LogP contribution in [0.4, 0.5) is 0 Å². The van der Waals surface area contributed by atoms with Gasteiger partial charge in [0.2, 0.25) is 0 Å². The molecule has 0 fully saturated rings. The van der Waals surface area contributed by atoms with Crippen molar-refractivity contribution in [3.8, 4) is 5.88 Å². The van der Waals surface area contributed by atoms with Gasteiger partial charge in [0, 0.05) is 0 Å². The van der Waals surface area contributed by atoms with E-state index in [-0.39, 0.29) is 5.88 Å². The first-order valence-electron chi connectivity index (χ1n) is 1.92. The van der Waals surface area contributed by atoms with Crippen molar-refractivity contribution in [1.29, 1.82) is 0 Å². The number of nitrogens with one attached hydrogen (secondary N) is 1. The molecule has 7 heteroatoms. The number of hydrogen-bond donors (Lipinski definition) is 1. The molecule has 0 aromatic carbocycles. The van der Waals surface area contributed by atoms with Crippen LogP contribution in [-0.2, 0) is 11.4 Å². The lowest BCUT2D eigenvalue weighted by atomic mass is 10.9. The molecule has 0 aliphatic carbocycles. The molecule has 6 nitrogen and oxygen atoms in total. The van der Waals surface area contributed by atoms with E-state index in [0.29, 0.717) is 0 Å². The highest BCUT2D eigenvalue weighted by atomic mass is 32.2. The second-order valence-corrected chi connectivity index (χ2v) is 1.67. The lowest BCUT2D eigenvalue weighted by Crippen LogP contribution is -1.97. The molecule has 1 N–H and O–H groups in total. The van der Waals surface area contributed by atoms with Gasteiger partial charge < -0.3 is 8.74 Å². The average Bonchev–Trinajstić information content (AvgIpc) is 2.15. The summed E-state index contributed by atoms with van der Waals surface area (Å²) in [6, 6.07) is 0.